The van der Waals surface area contributed by atoms with E-state index in [4.69, 9.17) is 0 Å². The Morgan fingerprint density at radius 1 is 1.00 bits per heavy atom. The molecular formula is C14H13FN2O. The van der Waals surface area contributed by atoms with Crippen LogP contribution in [0.25, 0.3) is 0 Å². The van der Waals surface area contributed by atoms with Gasteiger partial charge in [0.15, 0.2) is 5.82 Å². The van der Waals surface area contributed by atoms with Gasteiger partial charge in [-0.2, -0.15) is 5.11 Å². The predicted molar refractivity (Wildman–Crippen MR) is 68.2 cm³/mol. The van der Waals surface area contributed by atoms with Crippen LogP contribution in [-0.2, 0) is 0 Å². The van der Waals surface area contributed by atoms with Gasteiger partial charge in [-0.15, -0.1) is 5.11 Å². The molecular weight excluding hydrogens is 231 g/mol. The van der Waals surface area contributed by atoms with Crippen molar-refractivity contribution in [1.29, 1.82) is 0 Å². The minimum atomic E-state index is -0.409. The van der Waals surface area contributed by atoms with Crippen LogP contribution in [0.5, 0.6) is 5.75 Å². The van der Waals surface area contributed by atoms with Gasteiger partial charge in [-0.3, -0.25) is 0 Å². The van der Waals surface area contributed by atoms with Gasteiger partial charge >= 0.3 is 0 Å². The van der Waals surface area contributed by atoms with Crippen LogP contribution in [-0.4, -0.2) is 5.11 Å². The normalized spacial score (nSPS) is 11.1. The molecule has 1 N–H and O–H groups in total. The van der Waals surface area contributed by atoms with Crippen molar-refractivity contribution in [3.05, 3.63) is 53.3 Å². The smallest absolute Gasteiger partial charge is 0.150 e. The summed E-state index contributed by atoms with van der Waals surface area (Å²) >= 11 is 0. The molecule has 2 aromatic carbocycles. The number of aryl methyl sites for hydroxylation is 2. The second-order valence-corrected chi connectivity index (χ2v) is 4.08. The molecule has 0 heterocycles. The molecule has 0 unspecified atom stereocenters. The Balaban J connectivity index is 2.33. The topological polar surface area (TPSA) is 45.0 Å². The summed E-state index contributed by atoms with van der Waals surface area (Å²) in [4.78, 5) is 0. The largest absolute Gasteiger partial charge is 0.507 e. The van der Waals surface area contributed by atoms with Gasteiger partial charge < -0.3 is 5.11 Å². The number of phenolic OH excluding ortho intramolecular Hbond substituents is 1. The molecule has 2 aromatic rings. The third kappa shape index (κ3) is 2.53. The minimum absolute atomic E-state index is 0.195. The van der Waals surface area contributed by atoms with E-state index in [0.717, 1.165) is 11.1 Å². The van der Waals surface area contributed by atoms with Gasteiger partial charge in [0.2, 0.25) is 0 Å². The van der Waals surface area contributed by atoms with Gasteiger partial charge in [0, 0.05) is 0 Å². The third-order valence-electron chi connectivity index (χ3n) is 2.60. The highest BCUT2D eigenvalue weighted by Crippen LogP contribution is 2.28. The maximum absolute atomic E-state index is 13.3. The van der Waals surface area contributed by atoms with Gasteiger partial charge in [-0.1, -0.05) is 12.1 Å². The van der Waals surface area contributed by atoms with E-state index in [9.17, 15) is 9.50 Å². The second kappa shape index (κ2) is 4.96. The molecule has 3 nitrogen and oxygen atoms in total. The van der Waals surface area contributed by atoms with Crippen LogP contribution in [0.1, 0.15) is 11.1 Å². The number of hydrogen-bond donors (Lipinski definition) is 1. The summed E-state index contributed by atoms with van der Waals surface area (Å²) in [6, 6.07) is 9.59. The summed E-state index contributed by atoms with van der Waals surface area (Å²) in [6.07, 6.45) is 0. The quantitative estimate of drug-likeness (QED) is 0.773. The first-order chi connectivity index (χ1) is 8.58. The average molecular weight is 244 g/mol. The Kier molecular flexibility index (Phi) is 3.37. The first kappa shape index (κ1) is 12.2. The van der Waals surface area contributed by atoms with Crippen LogP contribution in [0.15, 0.2) is 46.6 Å². The van der Waals surface area contributed by atoms with Crippen molar-refractivity contribution in [2.45, 2.75) is 13.8 Å². The zero-order valence-electron chi connectivity index (χ0n) is 10.2. The van der Waals surface area contributed by atoms with Crippen LogP contribution in [0.4, 0.5) is 15.8 Å². The van der Waals surface area contributed by atoms with E-state index in [2.05, 4.69) is 10.2 Å². The molecule has 0 aromatic heterocycles. The van der Waals surface area contributed by atoms with E-state index >= 15 is 0 Å². The summed E-state index contributed by atoms with van der Waals surface area (Å²) in [7, 11) is 0. The molecule has 4 heteroatoms. The molecule has 0 aliphatic rings. The highest BCUT2D eigenvalue weighted by Gasteiger charge is 2.03. The minimum Gasteiger partial charge on any atom is -0.507 e. The number of halogens is 1. The van der Waals surface area contributed by atoms with Crippen LogP contribution in [0, 0.1) is 19.7 Å². The maximum atomic E-state index is 13.3. The number of benzene rings is 2. The molecule has 2 rings (SSSR count). The van der Waals surface area contributed by atoms with Crippen molar-refractivity contribution in [1.82, 2.24) is 0 Å². The zero-order chi connectivity index (χ0) is 13.1. The summed E-state index contributed by atoms with van der Waals surface area (Å²) in [5.41, 5.74) is 2.22. The van der Waals surface area contributed by atoms with E-state index in [0.29, 0.717) is 5.69 Å². The number of hydrogen-bond acceptors (Lipinski definition) is 3. The zero-order valence-corrected chi connectivity index (χ0v) is 10.2. The van der Waals surface area contributed by atoms with Crippen LogP contribution in [0.3, 0.4) is 0 Å². The number of rotatable bonds is 2. The second-order valence-electron chi connectivity index (χ2n) is 4.08. The van der Waals surface area contributed by atoms with E-state index in [1.807, 2.05) is 0 Å². The molecule has 0 saturated heterocycles. The lowest BCUT2D eigenvalue weighted by atomic mass is 10.1. The Morgan fingerprint density at radius 3 is 2.22 bits per heavy atom. The van der Waals surface area contributed by atoms with Gasteiger partial charge in [-0.25, -0.2) is 4.39 Å². The Labute approximate surface area is 105 Å². The molecule has 0 spiro atoms. The number of azo groups is 1. The molecule has 0 fully saturated rings. The molecule has 0 radical (unpaired) electrons. The molecule has 0 aliphatic heterocycles. The lowest BCUT2D eigenvalue weighted by Crippen LogP contribution is -1.79. The Morgan fingerprint density at radius 2 is 1.61 bits per heavy atom. The van der Waals surface area contributed by atoms with E-state index in [-0.39, 0.29) is 11.4 Å². The van der Waals surface area contributed by atoms with Crippen molar-refractivity contribution in [3.8, 4) is 5.75 Å². The predicted octanol–water partition coefficient (Wildman–Crippen LogP) is 4.56. The number of phenols is 1. The van der Waals surface area contributed by atoms with Crippen molar-refractivity contribution < 1.29 is 9.50 Å². The molecule has 0 bridgehead atoms. The van der Waals surface area contributed by atoms with Crippen LogP contribution in [0.2, 0.25) is 0 Å². The van der Waals surface area contributed by atoms with Crippen LogP contribution < -0.4 is 0 Å². The van der Waals surface area contributed by atoms with Gasteiger partial charge in [0.05, 0.1) is 5.69 Å². The SMILES string of the molecule is Cc1cc(N=Nc2ccccc2F)cc(C)c1O. The fourth-order valence-corrected chi connectivity index (χ4v) is 1.64. The van der Waals surface area contributed by atoms with Crippen molar-refractivity contribution in [3.63, 3.8) is 0 Å². The third-order valence-corrected chi connectivity index (χ3v) is 2.60. The summed E-state index contributed by atoms with van der Waals surface area (Å²) in [5, 5.41) is 17.5. The van der Waals surface area contributed by atoms with Gasteiger partial charge in [0.1, 0.15) is 11.4 Å². The first-order valence-electron chi connectivity index (χ1n) is 5.54. The lowest BCUT2D eigenvalue weighted by Gasteiger charge is -2.03. The molecule has 0 atom stereocenters. The summed E-state index contributed by atoms with van der Waals surface area (Å²) < 4.78 is 13.3. The first-order valence-corrected chi connectivity index (χ1v) is 5.54. The number of aromatic hydroxyl groups is 1. The number of nitrogens with zero attached hydrogens (tertiary/aromatic N) is 2. The van der Waals surface area contributed by atoms with E-state index in [1.165, 1.54) is 6.07 Å². The fourth-order valence-electron chi connectivity index (χ4n) is 1.64. The fraction of sp³-hybridized carbons (Fsp3) is 0.143. The van der Waals surface area contributed by atoms with Gasteiger partial charge in [-0.05, 0) is 49.2 Å². The molecule has 18 heavy (non-hydrogen) atoms. The molecule has 92 valence electrons. The highest BCUT2D eigenvalue weighted by atomic mass is 19.1. The summed E-state index contributed by atoms with van der Waals surface area (Å²) in [6.45, 7) is 3.56. The van der Waals surface area contributed by atoms with Crippen molar-refractivity contribution in [2.24, 2.45) is 10.2 Å². The lowest BCUT2D eigenvalue weighted by molar-refractivity contribution is 0.467. The molecule has 0 aliphatic carbocycles. The Bertz CT molecular complexity index is 585. The van der Waals surface area contributed by atoms with Crippen molar-refractivity contribution >= 4 is 11.4 Å². The standard InChI is InChI=1S/C14H13FN2O/c1-9-7-11(8-10(2)14(9)18)16-17-13-6-4-3-5-12(13)15/h3-8,18H,1-2H3. The Hall–Kier alpha value is -2.23. The molecule has 0 amide bonds. The maximum Gasteiger partial charge on any atom is 0.150 e. The molecule has 0 saturated carbocycles. The van der Waals surface area contributed by atoms with Crippen molar-refractivity contribution in [2.75, 3.05) is 0 Å². The monoisotopic (exact) mass is 244 g/mol. The average Bonchev–Trinajstić information content (AvgIpc) is 2.35. The van der Waals surface area contributed by atoms with Gasteiger partial charge in [0.25, 0.3) is 0 Å². The van der Waals surface area contributed by atoms with E-state index < -0.39 is 5.82 Å². The highest BCUT2D eigenvalue weighted by molar-refractivity contribution is 5.51. The van der Waals surface area contributed by atoms with E-state index in [1.54, 1.807) is 44.2 Å². The van der Waals surface area contributed by atoms with Crippen LogP contribution >= 0.6 is 0 Å². The summed E-state index contributed by atoms with van der Waals surface area (Å²) in [5.74, 6) is -0.159.